The molecule has 134 valence electrons. The zero-order valence-corrected chi connectivity index (χ0v) is 15.2. The average molecular weight is 361 g/mol. The van der Waals surface area contributed by atoms with Crippen LogP contribution in [0.25, 0.3) is 0 Å². The molecule has 0 amide bonds. The zero-order valence-electron chi connectivity index (χ0n) is 14.4. The molecule has 0 radical (unpaired) electrons. The Morgan fingerprint density at radius 3 is 2.48 bits per heavy atom. The molecular formula is C18H23N3O3S. The van der Waals surface area contributed by atoms with E-state index >= 15 is 0 Å². The van der Waals surface area contributed by atoms with Gasteiger partial charge in [0, 0.05) is 6.92 Å². The van der Waals surface area contributed by atoms with Crippen LogP contribution in [-0.4, -0.2) is 18.6 Å². The second-order valence-corrected chi connectivity index (χ2v) is 8.85. The Morgan fingerprint density at radius 1 is 1.08 bits per heavy atom. The summed E-state index contributed by atoms with van der Waals surface area (Å²) in [6.45, 7) is 1.72. The molecule has 1 fully saturated rings. The van der Waals surface area contributed by atoms with E-state index in [1.165, 1.54) is 12.0 Å². The number of fused-ring (bicyclic) bond motifs is 1. The average Bonchev–Trinajstić information content (AvgIpc) is 3.24. The SMILES string of the molecule is Cc1nc(C2(NS(=O)(=O)c3ccc4c(c3)CCCC4)CCCC2)no1. The first kappa shape index (κ1) is 16.7. The van der Waals surface area contributed by atoms with Crippen LogP contribution >= 0.6 is 0 Å². The summed E-state index contributed by atoms with van der Waals surface area (Å²) in [6, 6.07) is 5.51. The van der Waals surface area contributed by atoms with Gasteiger partial charge < -0.3 is 4.52 Å². The third-order valence-corrected chi connectivity index (χ3v) is 6.91. The Kier molecular flexibility index (Phi) is 4.16. The third-order valence-electron chi connectivity index (χ3n) is 5.37. The monoisotopic (exact) mass is 361 g/mol. The lowest BCUT2D eigenvalue weighted by Gasteiger charge is -2.27. The number of rotatable bonds is 4. The number of aromatic nitrogens is 2. The molecular weight excluding hydrogens is 338 g/mol. The lowest BCUT2D eigenvalue weighted by atomic mass is 9.92. The second kappa shape index (κ2) is 6.21. The molecule has 0 bridgehead atoms. The minimum Gasteiger partial charge on any atom is -0.340 e. The summed E-state index contributed by atoms with van der Waals surface area (Å²) in [7, 11) is -3.65. The van der Waals surface area contributed by atoms with Gasteiger partial charge in [0.2, 0.25) is 15.9 Å². The third kappa shape index (κ3) is 3.11. The fourth-order valence-electron chi connectivity index (χ4n) is 4.04. The predicted octanol–water partition coefficient (Wildman–Crippen LogP) is 3.00. The first-order valence-electron chi connectivity index (χ1n) is 8.95. The van der Waals surface area contributed by atoms with Gasteiger partial charge in [-0.05, 0) is 61.8 Å². The molecule has 0 unspecified atom stereocenters. The number of hydrogen-bond donors (Lipinski definition) is 1. The number of hydrogen-bond acceptors (Lipinski definition) is 5. The summed E-state index contributed by atoms with van der Waals surface area (Å²) in [5.74, 6) is 0.901. The maximum Gasteiger partial charge on any atom is 0.241 e. The summed E-state index contributed by atoms with van der Waals surface area (Å²) in [5.41, 5.74) is 1.67. The quantitative estimate of drug-likeness (QED) is 0.905. The molecule has 1 heterocycles. The lowest BCUT2D eigenvalue weighted by Crippen LogP contribution is -2.44. The molecule has 1 saturated carbocycles. The summed E-state index contributed by atoms with van der Waals surface area (Å²) in [5, 5.41) is 4.00. The molecule has 1 N–H and O–H groups in total. The van der Waals surface area contributed by atoms with Crippen molar-refractivity contribution in [2.45, 2.75) is 68.7 Å². The highest BCUT2D eigenvalue weighted by Gasteiger charge is 2.43. The number of nitrogens with one attached hydrogen (secondary N) is 1. The van der Waals surface area contributed by atoms with Gasteiger partial charge in [-0.25, -0.2) is 8.42 Å². The zero-order chi connectivity index (χ0) is 17.5. The van der Waals surface area contributed by atoms with E-state index in [1.54, 1.807) is 13.0 Å². The molecule has 2 aliphatic carbocycles. The number of nitrogens with zero attached hydrogens (tertiary/aromatic N) is 2. The van der Waals surface area contributed by atoms with Crippen molar-refractivity contribution in [1.82, 2.24) is 14.9 Å². The molecule has 0 saturated heterocycles. The largest absolute Gasteiger partial charge is 0.340 e. The first-order chi connectivity index (χ1) is 12.0. The minimum atomic E-state index is -3.65. The van der Waals surface area contributed by atoms with Crippen molar-refractivity contribution in [2.24, 2.45) is 0 Å². The van der Waals surface area contributed by atoms with Crippen molar-refractivity contribution in [3.8, 4) is 0 Å². The van der Waals surface area contributed by atoms with E-state index in [2.05, 4.69) is 14.9 Å². The minimum absolute atomic E-state index is 0.333. The Bertz CT molecular complexity index is 883. The molecule has 6 nitrogen and oxygen atoms in total. The van der Waals surface area contributed by atoms with Gasteiger partial charge in [0.15, 0.2) is 5.82 Å². The van der Waals surface area contributed by atoms with E-state index < -0.39 is 15.6 Å². The van der Waals surface area contributed by atoms with Gasteiger partial charge in [-0.3, -0.25) is 0 Å². The van der Waals surface area contributed by atoms with Crippen molar-refractivity contribution in [3.05, 3.63) is 41.0 Å². The summed E-state index contributed by atoms with van der Waals surface area (Å²) >= 11 is 0. The molecule has 2 aromatic rings. The van der Waals surface area contributed by atoms with Gasteiger partial charge in [-0.1, -0.05) is 24.1 Å². The van der Waals surface area contributed by atoms with Crippen LogP contribution in [0.5, 0.6) is 0 Å². The standard InChI is InChI=1S/C18H23N3O3S/c1-13-19-17(20-24-13)18(10-4-5-11-18)21-25(22,23)16-9-8-14-6-2-3-7-15(14)12-16/h8-9,12,21H,2-7,10-11H2,1H3. The van der Waals surface area contributed by atoms with Crippen molar-refractivity contribution >= 4 is 10.0 Å². The number of aryl methyl sites for hydroxylation is 3. The topological polar surface area (TPSA) is 85.1 Å². The van der Waals surface area contributed by atoms with Crippen LogP contribution in [0.4, 0.5) is 0 Å². The summed E-state index contributed by atoms with van der Waals surface area (Å²) in [6.07, 6.45) is 7.56. The molecule has 2 aliphatic rings. The van der Waals surface area contributed by atoms with Crippen molar-refractivity contribution in [3.63, 3.8) is 0 Å². The molecule has 25 heavy (non-hydrogen) atoms. The van der Waals surface area contributed by atoms with E-state index in [9.17, 15) is 8.42 Å². The maximum atomic E-state index is 13.1. The van der Waals surface area contributed by atoms with Crippen LogP contribution < -0.4 is 4.72 Å². The molecule has 0 atom stereocenters. The molecule has 7 heteroatoms. The Morgan fingerprint density at radius 2 is 1.80 bits per heavy atom. The van der Waals surface area contributed by atoms with Crippen molar-refractivity contribution in [2.75, 3.05) is 0 Å². The van der Waals surface area contributed by atoms with Crippen LogP contribution in [0, 0.1) is 6.92 Å². The highest BCUT2D eigenvalue weighted by molar-refractivity contribution is 7.89. The van der Waals surface area contributed by atoms with E-state index in [0.29, 0.717) is 29.5 Å². The van der Waals surface area contributed by atoms with E-state index in [4.69, 9.17) is 4.52 Å². The lowest BCUT2D eigenvalue weighted by molar-refractivity contribution is 0.338. The van der Waals surface area contributed by atoms with Crippen LogP contribution in [-0.2, 0) is 28.4 Å². The highest BCUT2D eigenvalue weighted by atomic mass is 32.2. The van der Waals surface area contributed by atoms with Crippen LogP contribution in [0.2, 0.25) is 0 Å². The van der Waals surface area contributed by atoms with Gasteiger partial charge in [-0.15, -0.1) is 0 Å². The summed E-state index contributed by atoms with van der Waals surface area (Å²) < 4.78 is 34.1. The van der Waals surface area contributed by atoms with Gasteiger partial charge in [-0.2, -0.15) is 9.71 Å². The van der Waals surface area contributed by atoms with E-state index in [1.807, 2.05) is 12.1 Å². The molecule has 1 aromatic carbocycles. The fraction of sp³-hybridized carbons (Fsp3) is 0.556. The molecule has 1 aromatic heterocycles. The fourth-order valence-corrected chi connectivity index (χ4v) is 5.51. The first-order valence-corrected chi connectivity index (χ1v) is 10.4. The Hall–Kier alpha value is -1.73. The predicted molar refractivity (Wildman–Crippen MR) is 92.6 cm³/mol. The van der Waals surface area contributed by atoms with E-state index in [0.717, 1.165) is 37.7 Å². The van der Waals surface area contributed by atoms with Gasteiger partial charge >= 0.3 is 0 Å². The Labute approximate surface area is 148 Å². The smallest absolute Gasteiger partial charge is 0.241 e. The maximum absolute atomic E-state index is 13.1. The van der Waals surface area contributed by atoms with Crippen LogP contribution in [0.15, 0.2) is 27.6 Å². The van der Waals surface area contributed by atoms with Gasteiger partial charge in [0.05, 0.1) is 10.4 Å². The van der Waals surface area contributed by atoms with Crippen LogP contribution in [0.3, 0.4) is 0 Å². The van der Waals surface area contributed by atoms with Gasteiger partial charge in [0.1, 0.15) is 0 Å². The van der Waals surface area contributed by atoms with Gasteiger partial charge in [0.25, 0.3) is 0 Å². The van der Waals surface area contributed by atoms with Crippen LogP contribution in [0.1, 0.15) is 61.4 Å². The summed E-state index contributed by atoms with van der Waals surface area (Å²) in [4.78, 5) is 4.64. The molecule has 4 rings (SSSR count). The van der Waals surface area contributed by atoms with E-state index in [-0.39, 0.29) is 0 Å². The van der Waals surface area contributed by atoms with Crippen molar-refractivity contribution in [1.29, 1.82) is 0 Å². The number of sulfonamides is 1. The normalized spacial score (nSPS) is 19.7. The Balaban J connectivity index is 1.68. The molecule has 0 spiro atoms. The van der Waals surface area contributed by atoms with Crippen molar-refractivity contribution < 1.29 is 12.9 Å². The second-order valence-electron chi connectivity index (χ2n) is 7.17. The molecule has 0 aliphatic heterocycles. The number of benzene rings is 1. The highest BCUT2D eigenvalue weighted by Crippen LogP contribution is 2.38.